The summed E-state index contributed by atoms with van der Waals surface area (Å²) in [4.78, 5) is 32.6. The molecule has 0 bridgehead atoms. The van der Waals surface area contributed by atoms with Gasteiger partial charge in [0, 0.05) is 25.6 Å². The van der Waals surface area contributed by atoms with E-state index in [-0.39, 0.29) is 22.3 Å². The number of H-pyrrole nitrogens is 1. The van der Waals surface area contributed by atoms with Crippen LogP contribution in [0.15, 0.2) is 27.9 Å². The molecule has 1 aromatic carbocycles. The van der Waals surface area contributed by atoms with Gasteiger partial charge in [0.25, 0.3) is 5.56 Å². The molecule has 0 saturated carbocycles. The normalized spacial score (nSPS) is 16.3. The lowest BCUT2D eigenvalue weighted by molar-refractivity contribution is -0.117. The van der Waals surface area contributed by atoms with Gasteiger partial charge >= 0.3 is 0 Å². The molecular weight excluding hydrogens is 460 g/mol. The third kappa shape index (κ3) is 4.55. The van der Waals surface area contributed by atoms with E-state index in [1.807, 2.05) is 13.8 Å². The van der Waals surface area contributed by atoms with Crippen LogP contribution in [0.1, 0.15) is 38.2 Å². The number of imidazole rings is 1. The van der Waals surface area contributed by atoms with Crippen LogP contribution in [0.2, 0.25) is 0 Å². The fourth-order valence-corrected chi connectivity index (χ4v) is 5.44. The highest BCUT2D eigenvalue weighted by atomic mass is 32.2. The van der Waals surface area contributed by atoms with Gasteiger partial charge in [0.05, 0.1) is 22.8 Å². The summed E-state index contributed by atoms with van der Waals surface area (Å²) >= 11 is 0. The topological polar surface area (TPSA) is 139 Å². The Labute approximate surface area is 197 Å². The molecule has 1 saturated heterocycles. The van der Waals surface area contributed by atoms with Gasteiger partial charge in [-0.3, -0.25) is 9.59 Å². The zero-order valence-electron chi connectivity index (χ0n) is 19.4. The van der Waals surface area contributed by atoms with Crippen LogP contribution >= 0.6 is 0 Å². The van der Waals surface area contributed by atoms with Gasteiger partial charge in [-0.1, -0.05) is 6.92 Å². The van der Waals surface area contributed by atoms with Crippen molar-refractivity contribution in [3.8, 4) is 17.1 Å². The van der Waals surface area contributed by atoms with Crippen LogP contribution in [0.3, 0.4) is 0 Å². The SMILES string of the molecule is CCCc1nc(C)c2c(=O)[nH]c(-c3cc(S(=O)(=O)NC4CCN(C=O)C4)ccc3OCC)nn12. The molecule has 11 nitrogen and oxygen atoms in total. The van der Waals surface area contributed by atoms with E-state index in [4.69, 9.17) is 4.74 Å². The number of aryl methyl sites for hydroxylation is 2. The smallest absolute Gasteiger partial charge is 0.277 e. The van der Waals surface area contributed by atoms with Crippen molar-refractivity contribution < 1.29 is 17.9 Å². The molecule has 1 aliphatic heterocycles. The zero-order valence-corrected chi connectivity index (χ0v) is 20.2. The fourth-order valence-electron chi connectivity index (χ4n) is 4.15. The Morgan fingerprint density at radius 1 is 1.32 bits per heavy atom. The second kappa shape index (κ2) is 9.55. The first-order valence-corrected chi connectivity index (χ1v) is 12.7. The summed E-state index contributed by atoms with van der Waals surface area (Å²) < 4.78 is 36.1. The van der Waals surface area contributed by atoms with Gasteiger partial charge in [-0.15, -0.1) is 5.10 Å². The van der Waals surface area contributed by atoms with E-state index in [0.29, 0.717) is 67.3 Å². The zero-order chi connectivity index (χ0) is 24.5. The lowest BCUT2D eigenvalue weighted by Gasteiger charge is -2.15. The summed E-state index contributed by atoms with van der Waals surface area (Å²) in [6.07, 6.45) is 2.72. The van der Waals surface area contributed by atoms with Gasteiger partial charge in [0.2, 0.25) is 16.4 Å². The summed E-state index contributed by atoms with van der Waals surface area (Å²) in [6, 6.07) is 4.07. The lowest BCUT2D eigenvalue weighted by atomic mass is 10.2. The number of carbonyl (C=O) groups is 1. The first-order valence-electron chi connectivity index (χ1n) is 11.2. The highest BCUT2D eigenvalue weighted by Crippen LogP contribution is 2.30. The Balaban J connectivity index is 1.79. The van der Waals surface area contributed by atoms with Crippen molar-refractivity contribution in [1.29, 1.82) is 0 Å². The average Bonchev–Trinajstić information content (AvgIpc) is 3.38. The fraction of sp³-hybridized carbons (Fsp3) is 0.455. The van der Waals surface area contributed by atoms with E-state index in [1.54, 1.807) is 13.0 Å². The van der Waals surface area contributed by atoms with E-state index in [2.05, 4.69) is 19.8 Å². The number of fused-ring (bicyclic) bond motifs is 1. The second-order valence-corrected chi connectivity index (χ2v) is 9.94. The third-order valence-electron chi connectivity index (χ3n) is 5.72. The Kier molecular flexibility index (Phi) is 6.71. The molecule has 1 amide bonds. The highest BCUT2D eigenvalue weighted by Gasteiger charge is 2.27. The number of hydrogen-bond acceptors (Lipinski definition) is 7. The van der Waals surface area contributed by atoms with E-state index in [0.717, 1.165) is 6.42 Å². The van der Waals surface area contributed by atoms with Gasteiger partial charge in [-0.05, 0) is 44.9 Å². The summed E-state index contributed by atoms with van der Waals surface area (Å²) in [5.41, 5.74) is 0.913. The molecule has 0 radical (unpaired) electrons. The first kappa shape index (κ1) is 23.9. The van der Waals surface area contributed by atoms with Crippen molar-refractivity contribution in [1.82, 2.24) is 29.2 Å². The number of hydrogen-bond donors (Lipinski definition) is 2. The number of nitrogens with zero attached hydrogens (tertiary/aromatic N) is 4. The minimum Gasteiger partial charge on any atom is -0.493 e. The van der Waals surface area contributed by atoms with Crippen LogP contribution in [0.25, 0.3) is 16.9 Å². The van der Waals surface area contributed by atoms with Crippen molar-refractivity contribution in [3.63, 3.8) is 0 Å². The molecule has 1 atom stereocenters. The molecule has 2 N–H and O–H groups in total. The largest absolute Gasteiger partial charge is 0.493 e. The maximum atomic E-state index is 13.1. The Morgan fingerprint density at radius 3 is 2.79 bits per heavy atom. The van der Waals surface area contributed by atoms with Crippen LogP contribution in [-0.4, -0.2) is 65.0 Å². The number of nitrogens with one attached hydrogen (secondary N) is 2. The maximum absolute atomic E-state index is 13.1. The number of aromatic nitrogens is 4. The van der Waals surface area contributed by atoms with E-state index < -0.39 is 10.0 Å². The van der Waals surface area contributed by atoms with Crippen molar-refractivity contribution >= 4 is 22.0 Å². The number of benzene rings is 1. The summed E-state index contributed by atoms with van der Waals surface area (Å²) in [6.45, 7) is 6.74. The summed E-state index contributed by atoms with van der Waals surface area (Å²) in [5, 5.41) is 4.59. The van der Waals surface area contributed by atoms with E-state index in [9.17, 15) is 18.0 Å². The van der Waals surface area contributed by atoms with Crippen LogP contribution in [0.5, 0.6) is 5.75 Å². The lowest BCUT2D eigenvalue weighted by Crippen LogP contribution is -2.36. The quantitative estimate of drug-likeness (QED) is 0.432. The van der Waals surface area contributed by atoms with Crippen molar-refractivity contribution in [2.24, 2.45) is 0 Å². The van der Waals surface area contributed by atoms with Gasteiger partial charge in [-0.2, -0.15) is 0 Å². The number of carbonyl (C=O) groups excluding carboxylic acids is 1. The van der Waals surface area contributed by atoms with Crippen LogP contribution in [0, 0.1) is 6.92 Å². The third-order valence-corrected chi connectivity index (χ3v) is 7.24. The van der Waals surface area contributed by atoms with Gasteiger partial charge in [-0.25, -0.2) is 22.6 Å². The van der Waals surface area contributed by atoms with Crippen LogP contribution < -0.4 is 15.0 Å². The van der Waals surface area contributed by atoms with Gasteiger partial charge in [0.15, 0.2) is 11.3 Å². The summed E-state index contributed by atoms with van der Waals surface area (Å²) in [5.74, 6) is 1.23. The number of amides is 1. The molecule has 0 aliphatic carbocycles. The number of ether oxygens (including phenoxy) is 1. The molecule has 0 spiro atoms. The average molecular weight is 489 g/mol. The monoisotopic (exact) mass is 488 g/mol. The minimum atomic E-state index is -3.89. The Hall–Kier alpha value is -3.25. The molecule has 1 fully saturated rings. The van der Waals surface area contributed by atoms with Gasteiger partial charge in [0.1, 0.15) is 11.6 Å². The predicted molar refractivity (Wildman–Crippen MR) is 125 cm³/mol. The Morgan fingerprint density at radius 2 is 2.12 bits per heavy atom. The van der Waals surface area contributed by atoms with Gasteiger partial charge < -0.3 is 14.6 Å². The minimum absolute atomic E-state index is 0.00819. The van der Waals surface area contributed by atoms with Crippen molar-refractivity contribution in [2.75, 3.05) is 19.7 Å². The molecule has 2 aromatic heterocycles. The molecule has 4 rings (SSSR count). The maximum Gasteiger partial charge on any atom is 0.277 e. The molecule has 182 valence electrons. The second-order valence-electron chi connectivity index (χ2n) is 8.22. The first-order chi connectivity index (χ1) is 16.3. The van der Waals surface area contributed by atoms with Crippen LogP contribution in [0.4, 0.5) is 0 Å². The number of likely N-dealkylation sites (tertiary alicyclic amines) is 1. The number of sulfonamides is 1. The molecule has 1 unspecified atom stereocenters. The van der Waals surface area contributed by atoms with E-state index >= 15 is 0 Å². The van der Waals surface area contributed by atoms with Crippen LogP contribution in [-0.2, 0) is 21.2 Å². The molecule has 34 heavy (non-hydrogen) atoms. The number of aromatic amines is 1. The highest BCUT2D eigenvalue weighted by molar-refractivity contribution is 7.89. The molecule has 3 heterocycles. The number of rotatable bonds is 9. The standard InChI is InChI=1S/C22H28N6O5S/c1-4-6-19-23-14(3)20-22(30)24-21(25-28(19)20)17-11-16(7-8-18(17)33-5-2)34(31,32)26-15-9-10-27(12-15)13-29/h7-8,11,13,15,26H,4-6,9-10,12H2,1-3H3,(H,24,25,30). The summed E-state index contributed by atoms with van der Waals surface area (Å²) in [7, 11) is -3.89. The molecule has 12 heteroatoms. The van der Waals surface area contributed by atoms with E-state index in [1.165, 1.54) is 21.5 Å². The van der Waals surface area contributed by atoms with Crippen molar-refractivity contribution in [2.45, 2.75) is 51.0 Å². The molecular formula is C22H28N6O5S. The van der Waals surface area contributed by atoms with Crippen molar-refractivity contribution in [3.05, 3.63) is 40.1 Å². The predicted octanol–water partition coefficient (Wildman–Crippen LogP) is 1.25. The molecule has 3 aromatic rings. The Bertz CT molecular complexity index is 1380. The molecule has 1 aliphatic rings.